The molecule has 0 fully saturated rings. The molecule has 2 nitrogen and oxygen atoms in total. The van der Waals surface area contributed by atoms with E-state index in [-0.39, 0.29) is 0 Å². The molecule has 0 amide bonds. The van der Waals surface area contributed by atoms with Crippen molar-refractivity contribution < 1.29 is 4.57 Å². The van der Waals surface area contributed by atoms with Gasteiger partial charge in [0.2, 0.25) is 0 Å². The standard InChI is InChI=1S/C33H23N2STe/c1-20-21-10-5-8-17-29(21)37-33(20)30-32-25(18-19-34(30)2)24-13-9-16-28(31(24)36-32)35-26-14-6-3-11-22(26)23-12-4-7-15-27(23)35/h3-19H,1-2H3/q+1. The molecule has 4 heterocycles. The van der Waals surface area contributed by atoms with Crippen LogP contribution >= 0.6 is 11.3 Å². The average molecular weight is 607 g/mol. The first-order valence-corrected chi connectivity index (χ1v) is 15.7. The number of thiophene rings is 1. The van der Waals surface area contributed by atoms with Gasteiger partial charge in [-0.3, -0.25) is 0 Å². The Morgan fingerprint density at radius 3 is 2.00 bits per heavy atom. The zero-order chi connectivity index (χ0) is 24.7. The molecule has 0 aliphatic heterocycles. The quantitative estimate of drug-likeness (QED) is 0.139. The third-order valence-electron chi connectivity index (χ3n) is 7.65. The third kappa shape index (κ3) is 3.01. The van der Waals surface area contributed by atoms with Crippen LogP contribution in [0, 0.1) is 6.92 Å². The Hall–Kier alpha value is -3.42. The Morgan fingerprint density at radius 1 is 0.649 bits per heavy atom. The van der Waals surface area contributed by atoms with E-state index in [2.05, 4.69) is 126 Å². The molecule has 4 heteroatoms. The van der Waals surface area contributed by atoms with Crippen LogP contribution in [0.15, 0.2) is 103 Å². The van der Waals surface area contributed by atoms with Crippen molar-refractivity contribution in [3.05, 3.63) is 109 Å². The van der Waals surface area contributed by atoms with Crippen LogP contribution < -0.4 is 4.57 Å². The second kappa shape index (κ2) is 8.04. The predicted molar refractivity (Wildman–Crippen MR) is 159 cm³/mol. The molecular weight excluding hydrogens is 584 g/mol. The van der Waals surface area contributed by atoms with Gasteiger partial charge in [0.1, 0.15) is 0 Å². The van der Waals surface area contributed by atoms with Gasteiger partial charge in [-0.05, 0) is 0 Å². The van der Waals surface area contributed by atoms with Gasteiger partial charge in [0.25, 0.3) is 0 Å². The van der Waals surface area contributed by atoms with Gasteiger partial charge in [0.05, 0.1) is 0 Å². The number of fused-ring (bicyclic) bond motifs is 7. The number of rotatable bonds is 2. The number of nitrogens with zero attached hydrogens (tertiary/aromatic N) is 2. The average Bonchev–Trinajstić information content (AvgIpc) is 3.58. The monoisotopic (exact) mass is 609 g/mol. The van der Waals surface area contributed by atoms with Crippen LogP contribution in [0.2, 0.25) is 0 Å². The molecule has 0 aliphatic rings. The number of pyridine rings is 1. The van der Waals surface area contributed by atoms with E-state index in [1.165, 1.54) is 64.3 Å². The zero-order valence-corrected chi connectivity index (χ0v) is 23.7. The fourth-order valence-corrected chi connectivity index (χ4v) is 11.2. The van der Waals surface area contributed by atoms with Crippen molar-refractivity contribution in [3.8, 4) is 15.0 Å². The van der Waals surface area contributed by atoms with E-state index in [0.717, 1.165) is 0 Å². The summed E-state index contributed by atoms with van der Waals surface area (Å²) >= 11 is 1.52. The predicted octanol–water partition coefficient (Wildman–Crippen LogP) is 8.16. The minimum absolute atomic E-state index is 0.436. The van der Waals surface area contributed by atoms with Crippen LogP contribution in [0.25, 0.3) is 65.7 Å². The Labute approximate surface area is 228 Å². The molecule has 0 aliphatic carbocycles. The van der Waals surface area contributed by atoms with Gasteiger partial charge in [0, 0.05) is 0 Å². The number of hydrogen-bond donors (Lipinski definition) is 0. The van der Waals surface area contributed by atoms with Crippen LogP contribution in [0.4, 0.5) is 0 Å². The Morgan fingerprint density at radius 2 is 1.27 bits per heavy atom. The summed E-state index contributed by atoms with van der Waals surface area (Å²) in [5.41, 5.74) is 6.65. The Balaban J connectivity index is 1.49. The fourth-order valence-electron chi connectivity index (χ4n) is 5.91. The molecule has 0 unspecified atom stereocenters. The molecule has 0 N–H and O–H groups in total. The van der Waals surface area contributed by atoms with Crippen LogP contribution in [-0.2, 0) is 7.05 Å². The molecule has 4 aromatic carbocycles. The van der Waals surface area contributed by atoms with Crippen molar-refractivity contribution in [1.29, 1.82) is 0 Å². The van der Waals surface area contributed by atoms with Crippen molar-refractivity contribution in [3.63, 3.8) is 0 Å². The second-order valence-electron chi connectivity index (χ2n) is 9.70. The molecule has 37 heavy (non-hydrogen) atoms. The van der Waals surface area contributed by atoms with Crippen LogP contribution in [0.5, 0.6) is 0 Å². The SMILES string of the molecule is Cc1c(-c2c3sc4c(-n5c6ccccc6c6ccccc65)cccc4c3cc[n+]2C)[te]c2ccccc12. The van der Waals surface area contributed by atoms with E-state index >= 15 is 0 Å². The van der Waals surface area contributed by atoms with Crippen LogP contribution in [0.1, 0.15) is 5.56 Å². The molecule has 176 valence electrons. The van der Waals surface area contributed by atoms with Crippen molar-refractivity contribution in [2.24, 2.45) is 7.05 Å². The van der Waals surface area contributed by atoms with Crippen LogP contribution in [-0.4, -0.2) is 25.0 Å². The van der Waals surface area contributed by atoms with E-state index in [1.54, 1.807) is 6.98 Å². The van der Waals surface area contributed by atoms with E-state index in [1.807, 2.05) is 11.3 Å². The molecule has 0 saturated heterocycles. The summed E-state index contributed by atoms with van der Waals surface area (Å²) in [7, 11) is 2.21. The number of benzene rings is 4. The van der Waals surface area contributed by atoms with Gasteiger partial charge in [0.15, 0.2) is 0 Å². The van der Waals surface area contributed by atoms with Crippen molar-refractivity contribution >= 4 is 82.5 Å². The van der Waals surface area contributed by atoms with Gasteiger partial charge >= 0.3 is 229 Å². The molecule has 0 spiro atoms. The second-order valence-corrected chi connectivity index (χ2v) is 13.7. The summed E-state index contributed by atoms with van der Waals surface area (Å²) in [6.07, 6.45) is 2.26. The summed E-state index contributed by atoms with van der Waals surface area (Å²) < 4.78 is 10.7. The molecule has 0 radical (unpaired) electrons. The van der Waals surface area contributed by atoms with E-state index in [4.69, 9.17) is 0 Å². The first kappa shape index (κ1) is 21.6. The first-order chi connectivity index (χ1) is 18.2. The number of para-hydroxylation sites is 2. The molecule has 8 aromatic rings. The van der Waals surface area contributed by atoms with Gasteiger partial charge in [-0.15, -0.1) is 0 Å². The van der Waals surface area contributed by atoms with Gasteiger partial charge in [-0.2, -0.15) is 0 Å². The van der Waals surface area contributed by atoms with Crippen molar-refractivity contribution in [2.45, 2.75) is 6.92 Å². The number of hydrogen-bond acceptors (Lipinski definition) is 1. The summed E-state index contributed by atoms with van der Waals surface area (Å²) in [5, 5.41) is 6.76. The fraction of sp³-hybridized carbons (Fsp3) is 0.0606. The molecule has 4 aromatic heterocycles. The number of aromatic nitrogens is 2. The molecule has 0 bridgehead atoms. The third-order valence-corrected chi connectivity index (χ3v) is 12.5. The molecule has 0 atom stereocenters. The maximum absolute atomic E-state index is 2.46. The summed E-state index contributed by atoms with van der Waals surface area (Å²) in [6, 6.07) is 35.7. The van der Waals surface area contributed by atoms with Crippen LogP contribution in [0.3, 0.4) is 0 Å². The van der Waals surface area contributed by atoms with Crippen molar-refractivity contribution in [2.75, 3.05) is 0 Å². The maximum atomic E-state index is 2.46. The van der Waals surface area contributed by atoms with Gasteiger partial charge in [-0.1, -0.05) is 0 Å². The summed E-state index contributed by atoms with van der Waals surface area (Å²) in [4.78, 5) is 0. The van der Waals surface area contributed by atoms with Gasteiger partial charge in [-0.25, -0.2) is 0 Å². The molecule has 0 saturated carbocycles. The number of aryl methyl sites for hydroxylation is 2. The normalized spacial score (nSPS) is 12.1. The first-order valence-electron chi connectivity index (χ1n) is 12.5. The van der Waals surface area contributed by atoms with E-state index in [0.29, 0.717) is 0 Å². The van der Waals surface area contributed by atoms with Gasteiger partial charge < -0.3 is 0 Å². The topological polar surface area (TPSA) is 8.81 Å². The van der Waals surface area contributed by atoms with Crippen molar-refractivity contribution in [1.82, 2.24) is 4.57 Å². The summed E-state index contributed by atoms with van der Waals surface area (Å²) in [5.74, 6) is 0. The molecule has 8 rings (SSSR count). The molecular formula is C33H23N2STe+. The zero-order valence-electron chi connectivity index (χ0n) is 20.5. The Kier molecular flexibility index (Phi) is 4.70. The van der Waals surface area contributed by atoms with E-state index in [9.17, 15) is 0 Å². The Bertz CT molecular complexity index is 2120. The minimum atomic E-state index is -0.436. The van der Waals surface area contributed by atoms with E-state index < -0.39 is 20.4 Å². The summed E-state index contributed by atoms with van der Waals surface area (Å²) in [6.45, 7) is 2.32.